The van der Waals surface area contributed by atoms with Gasteiger partial charge in [0.05, 0.1) is 13.2 Å². The van der Waals surface area contributed by atoms with E-state index >= 15 is 0 Å². The van der Waals surface area contributed by atoms with Gasteiger partial charge in [-0.25, -0.2) is 9.97 Å². The van der Waals surface area contributed by atoms with Crippen molar-refractivity contribution in [3.63, 3.8) is 0 Å². The average Bonchev–Trinajstić information content (AvgIpc) is 3.15. The number of nitrogens with zero attached hydrogens (tertiary/aromatic N) is 5. The van der Waals surface area contributed by atoms with E-state index in [0.717, 1.165) is 48.5 Å². The molecule has 120 valence electrons. The Morgan fingerprint density at radius 2 is 2.27 bits per heavy atom. The van der Waals surface area contributed by atoms with Crippen LogP contribution < -0.4 is 4.90 Å². The number of rotatable bonds is 5. The van der Waals surface area contributed by atoms with Crippen molar-refractivity contribution >= 4 is 16.7 Å². The van der Waals surface area contributed by atoms with E-state index in [-0.39, 0.29) is 6.10 Å². The normalized spacial score (nSPS) is 19.1. The molecule has 2 aromatic heterocycles. The highest BCUT2D eigenvalue weighted by Gasteiger charge is 2.27. The van der Waals surface area contributed by atoms with Crippen LogP contribution in [0.2, 0.25) is 0 Å². The molecule has 1 aliphatic rings. The summed E-state index contributed by atoms with van der Waals surface area (Å²) in [5.74, 6) is 3.13. The second-order valence-corrected chi connectivity index (χ2v) is 6.62. The van der Waals surface area contributed by atoms with Gasteiger partial charge in [0.25, 0.3) is 0 Å². The molecule has 2 aromatic rings. The zero-order chi connectivity index (χ0) is 15.5. The summed E-state index contributed by atoms with van der Waals surface area (Å²) in [5, 5.41) is 8.18. The van der Waals surface area contributed by atoms with E-state index in [2.05, 4.69) is 50.2 Å². The lowest BCUT2D eigenvalue weighted by atomic mass is 10.1. The molecular weight excluding hydrogens is 300 g/mol. The number of aryl methyl sites for hydroxylation is 1. The van der Waals surface area contributed by atoms with Crippen LogP contribution in [0.25, 0.3) is 0 Å². The molecule has 1 atom stereocenters. The molecule has 7 nitrogen and oxygen atoms in total. The van der Waals surface area contributed by atoms with Crippen LogP contribution in [0.4, 0.5) is 5.13 Å². The van der Waals surface area contributed by atoms with Gasteiger partial charge in [0.15, 0.2) is 5.82 Å². The molecule has 22 heavy (non-hydrogen) atoms. The highest BCUT2D eigenvalue weighted by molar-refractivity contribution is 7.09. The second kappa shape index (κ2) is 6.70. The van der Waals surface area contributed by atoms with E-state index in [1.807, 2.05) is 0 Å². The Labute approximate surface area is 134 Å². The summed E-state index contributed by atoms with van der Waals surface area (Å²) in [4.78, 5) is 11.3. The molecule has 0 spiro atoms. The first kappa shape index (κ1) is 15.4. The topological polar surface area (TPSA) is 79.8 Å². The first-order chi connectivity index (χ1) is 10.7. The maximum atomic E-state index is 5.81. The summed E-state index contributed by atoms with van der Waals surface area (Å²) in [7, 11) is 0. The van der Waals surface area contributed by atoms with E-state index in [1.165, 1.54) is 11.5 Å². The predicted octanol–water partition coefficient (Wildman–Crippen LogP) is 1.99. The van der Waals surface area contributed by atoms with Crippen molar-refractivity contribution in [1.29, 1.82) is 0 Å². The lowest BCUT2D eigenvalue weighted by molar-refractivity contribution is 0.0342. The lowest BCUT2D eigenvalue weighted by Gasteiger charge is -2.30. The van der Waals surface area contributed by atoms with Crippen molar-refractivity contribution in [2.45, 2.75) is 39.7 Å². The molecule has 0 radical (unpaired) electrons. The molecule has 1 saturated heterocycles. The van der Waals surface area contributed by atoms with Gasteiger partial charge in [0.2, 0.25) is 5.13 Å². The van der Waals surface area contributed by atoms with E-state index in [1.54, 1.807) is 0 Å². The van der Waals surface area contributed by atoms with Crippen molar-refractivity contribution in [3.05, 3.63) is 17.5 Å². The molecule has 1 aliphatic heterocycles. The molecule has 1 fully saturated rings. The Morgan fingerprint density at radius 3 is 3.00 bits per heavy atom. The summed E-state index contributed by atoms with van der Waals surface area (Å²) in [5.41, 5.74) is 0. The Bertz CT molecular complexity index is 610. The van der Waals surface area contributed by atoms with Gasteiger partial charge in [-0.1, -0.05) is 20.8 Å². The number of aromatic amines is 1. The van der Waals surface area contributed by atoms with E-state index in [9.17, 15) is 0 Å². The maximum Gasteiger partial charge on any atom is 0.205 e. The summed E-state index contributed by atoms with van der Waals surface area (Å²) < 4.78 is 10.3. The highest BCUT2D eigenvalue weighted by atomic mass is 32.1. The fraction of sp³-hybridized carbons (Fsp3) is 0.714. The summed E-state index contributed by atoms with van der Waals surface area (Å²) in [6, 6.07) is 0. The van der Waals surface area contributed by atoms with Crippen molar-refractivity contribution in [1.82, 2.24) is 24.5 Å². The number of hydrogen-bond acceptors (Lipinski definition) is 7. The van der Waals surface area contributed by atoms with Crippen LogP contribution in [0.3, 0.4) is 0 Å². The molecular formula is C14H22N6OS. The van der Waals surface area contributed by atoms with Crippen molar-refractivity contribution in [2.24, 2.45) is 5.92 Å². The number of morpholine rings is 1. The molecule has 3 rings (SSSR count). The fourth-order valence-electron chi connectivity index (χ4n) is 2.41. The molecule has 8 heteroatoms. The van der Waals surface area contributed by atoms with Gasteiger partial charge in [0.1, 0.15) is 17.8 Å². The first-order valence-corrected chi connectivity index (χ1v) is 8.53. The molecule has 0 unspecified atom stereocenters. The van der Waals surface area contributed by atoms with Crippen LogP contribution >= 0.6 is 11.5 Å². The first-order valence-electron chi connectivity index (χ1n) is 7.76. The molecule has 3 heterocycles. The van der Waals surface area contributed by atoms with E-state index in [0.29, 0.717) is 12.5 Å². The Balaban J connectivity index is 1.68. The molecule has 0 bridgehead atoms. The zero-order valence-electron chi connectivity index (χ0n) is 13.2. The van der Waals surface area contributed by atoms with Gasteiger partial charge in [-0.15, -0.1) is 0 Å². The number of nitrogens with one attached hydrogen (secondary N) is 1. The van der Waals surface area contributed by atoms with Crippen molar-refractivity contribution in [2.75, 3.05) is 24.6 Å². The minimum atomic E-state index is -0.109. The Kier molecular flexibility index (Phi) is 4.68. The minimum absolute atomic E-state index is 0.109. The third kappa shape index (κ3) is 3.44. The number of anilines is 1. The van der Waals surface area contributed by atoms with Gasteiger partial charge in [-0.2, -0.15) is 9.47 Å². The number of aromatic nitrogens is 5. The van der Waals surface area contributed by atoms with E-state index in [4.69, 9.17) is 4.74 Å². The van der Waals surface area contributed by atoms with Crippen LogP contribution in [0.1, 0.15) is 44.3 Å². The Hall–Kier alpha value is -1.54. The van der Waals surface area contributed by atoms with Crippen LogP contribution in [-0.4, -0.2) is 44.2 Å². The maximum absolute atomic E-state index is 5.81. The number of hydrogen-bond donors (Lipinski definition) is 1. The number of H-pyrrole nitrogens is 1. The number of ether oxygens (including phenoxy) is 1. The van der Waals surface area contributed by atoms with Crippen LogP contribution in [0.5, 0.6) is 0 Å². The van der Waals surface area contributed by atoms with Gasteiger partial charge in [-0.05, 0) is 5.92 Å². The van der Waals surface area contributed by atoms with Crippen LogP contribution in [0.15, 0.2) is 0 Å². The van der Waals surface area contributed by atoms with E-state index < -0.39 is 0 Å². The van der Waals surface area contributed by atoms with Gasteiger partial charge in [0, 0.05) is 30.9 Å². The summed E-state index contributed by atoms with van der Waals surface area (Å²) in [6.07, 6.45) is 1.66. The monoisotopic (exact) mass is 322 g/mol. The molecule has 0 amide bonds. The SMILES string of the molecule is CCc1nc([C@@H]2CN(c3nc(CC(C)C)ns3)CCO2)n[nH]1. The highest BCUT2D eigenvalue weighted by Crippen LogP contribution is 2.26. The quantitative estimate of drug-likeness (QED) is 0.907. The average molecular weight is 322 g/mol. The summed E-state index contributed by atoms with van der Waals surface area (Å²) >= 11 is 1.47. The largest absolute Gasteiger partial charge is 0.366 e. The van der Waals surface area contributed by atoms with Crippen LogP contribution in [0, 0.1) is 5.92 Å². The van der Waals surface area contributed by atoms with Gasteiger partial charge >= 0.3 is 0 Å². The third-order valence-corrected chi connectivity index (χ3v) is 4.37. The smallest absolute Gasteiger partial charge is 0.205 e. The van der Waals surface area contributed by atoms with Crippen molar-refractivity contribution in [3.8, 4) is 0 Å². The predicted molar refractivity (Wildman–Crippen MR) is 85.1 cm³/mol. The molecule has 0 aromatic carbocycles. The molecule has 1 N–H and O–H groups in total. The molecule has 0 aliphatic carbocycles. The summed E-state index contributed by atoms with van der Waals surface area (Å²) in [6.45, 7) is 8.62. The van der Waals surface area contributed by atoms with Crippen molar-refractivity contribution < 1.29 is 4.74 Å². The van der Waals surface area contributed by atoms with Gasteiger partial charge in [-0.3, -0.25) is 5.10 Å². The zero-order valence-corrected chi connectivity index (χ0v) is 14.1. The molecule has 0 saturated carbocycles. The fourth-order valence-corrected chi connectivity index (χ4v) is 3.14. The second-order valence-electron chi connectivity index (χ2n) is 5.89. The third-order valence-electron chi connectivity index (χ3n) is 3.56. The lowest BCUT2D eigenvalue weighted by Crippen LogP contribution is -2.38. The van der Waals surface area contributed by atoms with Gasteiger partial charge < -0.3 is 9.64 Å². The van der Waals surface area contributed by atoms with Crippen LogP contribution in [-0.2, 0) is 17.6 Å². The minimum Gasteiger partial charge on any atom is -0.366 e. The standard InChI is InChI=1S/C14H22N6OS/c1-4-11-15-13(18-17-11)10-8-20(5-6-21-10)14-16-12(19-22-14)7-9(2)3/h9-10H,4-8H2,1-3H3,(H,15,17,18)/t10-/m0/s1. The Morgan fingerprint density at radius 1 is 1.41 bits per heavy atom.